The predicted molar refractivity (Wildman–Crippen MR) is 99.5 cm³/mol. The number of aryl methyl sites for hydroxylation is 2. The van der Waals surface area contributed by atoms with Crippen molar-refractivity contribution in [2.75, 3.05) is 6.54 Å². The van der Waals surface area contributed by atoms with Crippen LogP contribution < -0.4 is 0 Å². The number of hydrogen-bond acceptors (Lipinski definition) is 4. The zero-order chi connectivity index (χ0) is 17.9. The molecule has 0 aliphatic carbocycles. The average molecular weight is 351 g/mol. The van der Waals surface area contributed by atoms with Gasteiger partial charge in [-0.15, -0.1) is 0 Å². The van der Waals surface area contributed by atoms with E-state index in [1.807, 2.05) is 41.1 Å². The summed E-state index contributed by atoms with van der Waals surface area (Å²) in [5.74, 6) is 2.05. The molecule has 0 spiro atoms. The van der Waals surface area contributed by atoms with Crippen molar-refractivity contribution in [3.63, 3.8) is 0 Å². The first-order valence-corrected chi connectivity index (χ1v) is 9.32. The van der Waals surface area contributed by atoms with Crippen LogP contribution in [0.15, 0.2) is 52.9 Å². The first kappa shape index (κ1) is 17.1. The van der Waals surface area contributed by atoms with Gasteiger partial charge in [-0.1, -0.05) is 37.3 Å². The van der Waals surface area contributed by atoms with Gasteiger partial charge in [0.15, 0.2) is 0 Å². The molecule has 136 valence electrons. The van der Waals surface area contributed by atoms with Gasteiger partial charge in [-0.2, -0.15) is 5.10 Å². The summed E-state index contributed by atoms with van der Waals surface area (Å²) in [7, 11) is 0. The van der Waals surface area contributed by atoms with Gasteiger partial charge in [0.2, 0.25) is 0 Å². The van der Waals surface area contributed by atoms with E-state index in [2.05, 4.69) is 29.1 Å². The van der Waals surface area contributed by atoms with E-state index in [4.69, 9.17) is 4.42 Å². The molecular formula is C21H25N3O2. The third kappa shape index (κ3) is 3.59. The second-order valence-corrected chi connectivity index (χ2v) is 6.88. The maximum absolute atomic E-state index is 10.6. The smallest absolute Gasteiger partial charge is 0.123 e. The highest BCUT2D eigenvalue weighted by Crippen LogP contribution is 2.24. The molecule has 3 heterocycles. The zero-order valence-electron chi connectivity index (χ0n) is 15.1. The van der Waals surface area contributed by atoms with Gasteiger partial charge in [0, 0.05) is 26.1 Å². The first-order valence-electron chi connectivity index (χ1n) is 9.32. The van der Waals surface area contributed by atoms with Gasteiger partial charge in [0.05, 0.1) is 17.9 Å². The van der Waals surface area contributed by atoms with Crippen molar-refractivity contribution in [1.82, 2.24) is 14.7 Å². The van der Waals surface area contributed by atoms with Crippen molar-refractivity contribution in [3.05, 3.63) is 77.0 Å². The van der Waals surface area contributed by atoms with Crippen LogP contribution in [0.2, 0.25) is 0 Å². The van der Waals surface area contributed by atoms with E-state index in [0.717, 1.165) is 67.5 Å². The van der Waals surface area contributed by atoms with E-state index in [-0.39, 0.29) is 0 Å². The van der Waals surface area contributed by atoms with E-state index >= 15 is 0 Å². The average Bonchev–Trinajstić information content (AvgIpc) is 3.24. The molecule has 1 atom stereocenters. The molecule has 5 heteroatoms. The Hall–Kier alpha value is -2.37. The van der Waals surface area contributed by atoms with Gasteiger partial charge < -0.3 is 9.52 Å². The molecule has 0 bridgehead atoms. The summed E-state index contributed by atoms with van der Waals surface area (Å²) in [5.41, 5.74) is 2.74. The van der Waals surface area contributed by atoms with Crippen LogP contribution in [0.25, 0.3) is 0 Å². The van der Waals surface area contributed by atoms with Crippen molar-refractivity contribution in [2.24, 2.45) is 0 Å². The minimum Gasteiger partial charge on any atom is -0.465 e. The number of aromatic nitrogens is 2. The third-order valence-corrected chi connectivity index (χ3v) is 4.95. The lowest BCUT2D eigenvalue weighted by Crippen LogP contribution is -2.22. The van der Waals surface area contributed by atoms with Crippen molar-refractivity contribution >= 4 is 0 Å². The Bertz CT molecular complexity index is 853. The normalized spacial score (nSPS) is 16.2. The van der Waals surface area contributed by atoms with Gasteiger partial charge >= 0.3 is 0 Å². The lowest BCUT2D eigenvalue weighted by molar-refractivity contribution is 0.213. The molecule has 0 saturated heterocycles. The lowest BCUT2D eigenvalue weighted by atomic mass is 10.1. The number of fused-ring (bicyclic) bond motifs is 1. The summed E-state index contributed by atoms with van der Waals surface area (Å²) in [4.78, 5) is 2.39. The largest absolute Gasteiger partial charge is 0.465 e. The van der Waals surface area contributed by atoms with E-state index in [0.29, 0.717) is 0 Å². The van der Waals surface area contributed by atoms with Crippen LogP contribution in [0.5, 0.6) is 0 Å². The van der Waals surface area contributed by atoms with E-state index in [9.17, 15) is 5.11 Å². The number of nitrogens with zero attached hydrogens (tertiary/aromatic N) is 3. The molecule has 1 N–H and O–H groups in total. The molecule has 0 saturated carbocycles. The molecule has 0 radical (unpaired) electrons. The van der Waals surface area contributed by atoms with Gasteiger partial charge in [0.1, 0.15) is 17.6 Å². The monoisotopic (exact) mass is 351 g/mol. The van der Waals surface area contributed by atoms with Gasteiger partial charge in [-0.05, 0) is 30.2 Å². The minimum atomic E-state index is -0.679. The number of aliphatic hydroxyl groups is 1. The molecule has 1 aliphatic rings. The van der Waals surface area contributed by atoms with E-state index in [1.54, 1.807) is 0 Å². The fraction of sp³-hybridized carbons (Fsp3) is 0.381. The third-order valence-electron chi connectivity index (χ3n) is 4.95. The highest BCUT2D eigenvalue weighted by atomic mass is 16.3. The Balaban J connectivity index is 1.50. The molecule has 0 fully saturated rings. The first-order chi connectivity index (χ1) is 12.7. The molecule has 4 rings (SSSR count). The second-order valence-electron chi connectivity index (χ2n) is 6.88. The van der Waals surface area contributed by atoms with E-state index in [1.165, 1.54) is 0 Å². The zero-order valence-corrected chi connectivity index (χ0v) is 15.1. The van der Waals surface area contributed by atoms with Crippen molar-refractivity contribution in [2.45, 2.75) is 45.5 Å². The molecule has 1 aromatic carbocycles. The Morgan fingerprint density at radius 1 is 1.12 bits per heavy atom. The fourth-order valence-corrected chi connectivity index (χ4v) is 3.54. The van der Waals surface area contributed by atoms with Crippen LogP contribution in [0.4, 0.5) is 0 Å². The molecule has 26 heavy (non-hydrogen) atoms. The minimum absolute atomic E-state index is 0.679. The molecule has 2 aromatic heterocycles. The summed E-state index contributed by atoms with van der Waals surface area (Å²) in [6.07, 6.45) is 1.28. The summed E-state index contributed by atoms with van der Waals surface area (Å²) in [6, 6.07) is 15.9. The standard InChI is InChI=1S/C21H25N3O2/c1-2-18-9-10-19(26-18)15-23-11-6-12-24-17(14-23)13-20(22-24)21(25)16-7-4-3-5-8-16/h3-5,7-10,13,21,25H,2,6,11-12,14-15H2,1H3/t21-/m0/s1. The number of rotatable bonds is 5. The maximum atomic E-state index is 10.6. The number of benzene rings is 1. The second kappa shape index (κ2) is 7.48. The number of hydrogen-bond donors (Lipinski definition) is 1. The molecule has 0 unspecified atom stereocenters. The Kier molecular flexibility index (Phi) is 4.91. The summed E-state index contributed by atoms with van der Waals surface area (Å²) in [5, 5.41) is 15.3. The molecule has 3 aromatic rings. The molecule has 5 nitrogen and oxygen atoms in total. The van der Waals surface area contributed by atoms with Crippen LogP contribution in [0.3, 0.4) is 0 Å². The highest BCUT2D eigenvalue weighted by molar-refractivity contribution is 5.26. The Morgan fingerprint density at radius 2 is 1.92 bits per heavy atom. The topological polar surface area (TPSA) is 54.4 Å². The maximum Gasteiger partial charge on any atom is 0.123 e. The van der Waals surface area contributed by atoms with Crippen LogP contribution >= 0.6 is 0 Å². The van der Waals surface area contributed by atoms with Crippen molar-refractivity contribution in [3.8, 4) is 0 Å². The van der Waals surface area contributed by atoms with Crippen molar-refractivity contribution in [1.29, 1.82) is 0 Å². The summed E-state index contributed by atoms with van der Waals surface area (Å²) >= 11 is 0. The Morgan fingerprint density at radius 3 is 2.69 bits per heavy atom. The van der Waals surface area contributed by atoms with Crippen LogP contribution in [-0.2, 0) is 26.1 Å². The molecule has 0 amide bonds. The highest BCUT2D eigenvalue weighted by Gasteiger charge is 2.21. The van der Waals surface area contributed by atoms with E-state index < -0.39 is 6.10 Å². The van der Waals surface area contributed by atoms with Crippen LogP contribution in [0.1, 0.15) is 47.9 Å². The Labute approximate surface area is 153 Å². The SMILES string of the molecule is CCc1ccc(CN2CCCn3nc([C@@H](O)c4ccccc4)cc3C2)o1. The molecular weight excluding hydrogens is 326 g/mol. The predicted octanol–water partition coefficient (Wildman–Crippen LogP) is 3.53. The van der Waals surface area contributed by atoms with Gasteiger partial charge in [-0.25, -0.2) is 0 Å². The van der Waals surface area contributed by atoms with Crippen molar-refractivity contribution < 1.29 is 9.52 Å². The lowest BCUT2D eigenvalue weighted by Gasteiger charge is -2.17. The van der Waals surface area contributed by atoms with Crippen LogP contribution in [0, 0.1) is 0 Å². The van der Waals surface area contributed by atoms with Gasteiger partial charge in [-0.3, -0.25) is 9.58 Å². The fourth-order valence-electron chi connectivity index (χ4n) is 3.54. The van der Waals surface area contributed by atoms with Gasteiger partial charge in [0.25, 0.3) is 0 Å². The number of aliphatic hydroxyl groups excluding tert-OH is 1. The number of furan rings is 1. The summed E-state index contributed by atoms with van der Waals surface area (Å²) in [6.45, 7) is 5.62. The quantitative estimate of drug-likeness (QED) is 0.764. The molecule has 1 aliphatic heterocycles. The summed E-state index contributed by atoms with van der Waals surface area (Å²) < 4.78 is 7.90. The van der Waals surface area contributed by atoms with Crippen LogP contribution in [-0.4, -0.2) is 26.3 Å².